The molecule has 8 heteroatoms. The van der Waals surface area contributed by atoms with Gasteiger partial charge < -0.3 is 20.7 Å². The van der Waals surface area contributed by atoms with Gasteiger partial charge in [-0.25, -0.2) is 4.79 Å². The fraction of sp³-hybridized carbons (Fsp3) is 0.250. The molecule has 0 saturated heterocycles. The van der Waals surface area contributed by atoms with Crippen LogP contribution in [0.1, 0.15) is 37.6 Å². The lowest BCUT2D eigenvalue weighted by Crippen LogP contribution is -2.31. The molecule has 1 aliphatic heterocycles. The molecule has 146 valence electrons. The second kappa shape index (κ2) is 8.71. The number of amides is 2. The summed E-state index contributed by atoms with van der Waals surface area (Å²) >= 11 is 1.11. The molecule has 1 aromatic carbocycles. The van der Waals surface area contributed by atoms with Crippen LogP contribution < -0.4 is 16.0 Å². The zero-order valence-electron chi connectivity index (χ0n) is 15.5. The van der Waals surface area contributed by atoms with Gasteiger partial charge in [-0.2, -0.15) is 0 Å². The van der Waals surface area contributed by atoms with Gasteiger partial charge in [0.2, 0.25) is 0 Å². The van der Waals surface area contributed by atoms with Crippen molar-refractivity contribution in [3.05, 3.63) is 64.3 Å². The van der Waals surface area contributed by atoms with Gasteiger partial charge in [0.1, 0.15) is 15.7 Å². The summed E-state index contributed by atoms with van der Waals surface area (Å²) in [6, 6.07) is 10.00. The molecule has 2 heterocycles. The van der Waals surface area contributed by atoms with Crippen LogP contribution in [0.3, 0.4) is 0 Å². The number of aryl methyl sites for hydroxylation is 1. The van der Waals surface area contributed by atoms with Crippen LogP contribution in [0.15, 0.2) is 42.7 Å². The smallest absolute Gasteiger partial charge is 0.349 e. The molecule has 7 nitrogen and oxygen atoms in total. The summed E-state index contributed by atoms with van der Waals surface area (Å²) in [7, 11) is 0. The largest absolute Gasteiger partial charge is 0.451 e. The maximum Gasteiger partial charge on any atom is 0.349 e. The zero-order valence-corrected chi connectivity index (χ0v) is 16.3. The number of benzene rings is 1. The molecule has 3 rings (SSSR count). The van der Waals surface area contributed by atoms with E-state index in [0.717, 1.165) is 24.2 Å². The number of hydrogen-bond acceptors (Lipinski definition) is 6. The molecule has 0 saturated carbocycles. The van der Waals surface area contributed by atoms with Gasteiger partial charge in [0.05, 0.1) is 5.56 Å². The minimum absolute atomic E-state index is 0.291. The van der Waals surface area contributed by atoms with E-state index in [1.165, 1.54) is 5.56 Å². The highest BCUT2D eigenvalue weighted by atomic mass is 32.1. The standard InChI is InChI=1S/C20H21N3O4S/c1-12-16-18(25)22-13(2)23-19(16)28-17(12)20(26)27-11-15(24)21-10-6-9-14-7-4-3-5-8-14/h3-5,7-8,23H,2,6,9-11H2,1H3,(H,21,24)(H,22,25). The van der Waals surface area contributed by atoms with Gasteiger partial charge >= 0.3 is 5.97 Å². The Balaban J connectivity index is 1.46. The third-order valence-electron chi connectivity index (χ3n) is 4.23. The molecule has 2 aromatic rings. The fourth-order valence-electron chi connectivity index (χ4n) is 2.85. The van der Waals surface area contributed by atoms with Crippen molar-refractivity contribution >= 4 is 34.1 Å². The number of esters is 1. The first-order valence-corrected chi connectivity index (χ1v) is 9.65. The molecule has 0 atom stereocenters. The first kappa shape index (κ1) is 19.6. The van der Waals surface area contributed by atoms with Crippen molar-refractivity contribution in [2.75, 3.05) is 18.5 Å². The summed E-state index contributed by atoms with van der Waals surface area (Å²) in [6.07, 6.45) is 1.66. The molecule has 2 amide bonds. The first-order chi connectivity index (χ1) is 13.5. The number of hydrogen-bond donors (Lipinski definition) is 3. The Labute approximate surface area is 166 Å². The molecule has 0 radical (unpaired) electrons. The third kappa shape index (κ3) is 4.58. The third-order valence-corrected chi connectivity index (χ3v) is 5.42. The second-order valence-electron chi connectivity index (χ2n) is 6.33. The van der Waals surface area contributed by atoms with E-state index in [1.54, 1.807) is 6.92 Å². The van der Waals surface area contributed by atoms with Gasteiger partial charge in [-0.05, 0) is 30.9 Å². The number of rotatable bonds is 7. The summed E-state index contributed by atoms with van der Waals surface area (Å²) < 4.78 is 5.10. The monoisotopic (exact) mass is 399 g/mol. The minimum atomic E-state index is -0.628. The Hall–Kier alpha value is -3.13. The van der Waals surface area contributed by atoms with Gasteiger partial charge in [0.15, 0.2) is 6.61 Å². The van der Waals surface area contributed by atoms with Crippen LogP contribution in [0.5, 0.6) is 0 Å². The lowest BCUT2D eigenvalue weighted by Gasteiger charge is -2.16. The van der Waals surface area contributed by atoms with Crippen LogP contribution in [-0.4, -0.2) is 30.9 Å². The van der Waals surface area contributed by atoms with Gasteiger partial charge in [0.25, 0.3) is 11.8 Å². The number of carbonyl (C=O) groups excluding carboxylic acids is 3. The SMILES string of the molecule is C=C1NC(=O)c2c(sc(C(=O)OCC(=O)NCCCc3ccccc3)c2C)N1. The topological polar surface area (TPSA) is 96.5 Å². The molecule has 28 heavy (non-hydrogen) atoms. The van der Waals surface area contributed by atoms with Crippen LogP contribution in [-0.2, 0) is 16.0 Å². The van der Waals surface area contributed by atoms with E-state index in [0.29, 0.717) is 33.4 Å². The molecular weight excluding hydrogens is 378 g/mol. The van der Waals surface area contributed by atoms with Crippen LogP contribution in [0, 0.1) is 6.92 Å². The van der Waals surface area contributed by atoms with Crippen molar-refractivity contribution in [2.24, 2.45) is 0 Å². The van der Waals surface area contributed by atoms with Gasteiger partial charge in [-0.1, -0.05) is 36.9 Å². The van der Waals surface area contributed by atoms with E-state index in [9.17, 15) is 14.4 Å². The summed E-state index contributed by atoms with van der Waals surface area (Å²) in [5, 5.41) is 8.77. The van der Waals surface area contributed by atoms with E-state index in [1.807, 2.05) is 30.3 Å². The highest BCUT2D eigenvalue weighted by Gasteiger charge is 2.29. The molecule has 1 aliphatic rings. The molecule has 3 N–H and O–H groups in total. The second-order valence-corrected chi connectivity index (χ2v) is 7.35. The molecule has 0 unspecified atom stereocenters. The Morgan fingerprint density at radius 1 is 1.21 bits per heavy atom. The zero-order chi connectivity index (χ0) is 20.1. The van der Waals surface area contributed by atoms with Gasteiger partial charge in [0, 0.05) is 6.54 Å². The number of ether oxygens (including phenoxy) is 1. The first-order valence-electron chi connectivity index (χ1n) is 8.84. The number of anilines is 1. The Morgan fingerprint density at radius 2 is 1.96 bits per heavy atom. The van der Waals surface area contributed by atoms with Crippen molar-refractivity contribution in [1.29, 1.82) is 0 Å². The molecule has 0 aliphatic carbocycles. The number of thiophene rings is 1. The lowest BCUT2D eigenvalue weighted by atomic mass is 10.1. The highest BCUT2D eigenvalue weighted by Crippen LogP contribution is 2.36. The number of nitrogens with one attached hydrogen (secondary N) is 3. The van der Waals surface area contributed by atoms with Crippen LogP contribution >= 0.6 is 11.3 Å². The Bertz CT molecular complexity index is 921. The van der Waals surface area contributed by atoms with Crippen molar-refractivity contribution < 1.29 is 19.1 Å². The van der Waals surface area contributed by atoms with E-state index >= 15 is 0 Å². The molecule has 0 bridgehead atoms. The molecule has 0 spiro atoms. The minimum Gasteiger partial charge on any atom is -0.451 e. The summed E-state index contributed by atoms with van der Waals surface area (Å²) in [5.74, 6) is -0.947. The van der Waals surface area contributed by atoms with Crippen molar-refractivity contribution in [3.8, 4) is 0 Å². The summed E-state index contributed by atoms with van der Waals surface area (Å²) in [6.45, 7) is 5.47. The fourth-order valence-corrected chi connectivity index (χ4v) is 3.97. The number of carbonyl (C=O) groups is 3. The van der Waals surface area contributed by atoms with E-state index in [2.05, 4.69) is 22.5 Å². The maximum absolute atomic E-state index is 12.3. The Morgan fingerprint density at radius 3 is 2.71 bits per heavy atom. The predicted molar refractivity (Wildman–Crippen MR) is 107 cm³/mol. The normalized spacial score (nSPS) is 12.6. The van der Waals surface area contributed by atoms with E-state index in [4.69, 9.17) is 4.74 Å². The van der Waals surface area contributed by atoms with E-state index in [-0.39, 0.29) is 18.4 Å². The van der Waals surface area contributed by atoms with Gasteiger partial charge in [-0.15, -0.1) is 11.3 Å². The lowest BCUT2D eigenvalue weighted by molar-refractivity contribution is -0.124. The van der Waals surface area contributed by atoms with Crippen LogP contribution in [0.4, 0.5) is 5.00 Å². The quantitative estimate of drug-likeness (QED) is 0.491. The van der Waals surface area contributed by atoms with Crippen LogP contribution in [0.25, 0.3) is 0 Å². The molecule has 0 fully saturated rings. The molecule has 1 aromatic heterocycles. The van der Waals surface area contributed by atoms with Crippen molar-refractivity contribution in [2.45, 2.75) is 19.8 Å². The van der Waals surface area contributed by atoms with E-state index < -0.39 is 5.97 Å². The average molecular weight is 399 g/mol. The van der Waals surface area contributed by atoms with Gasteiger partial charge in [-0.3, -0.25) is 9.59 Å². The van der Waals surface area contributed by atoms with Crippen LogP contribution in [0.2, 0.25) is 0 Å². The number of fused-ring (bicyclic) bond motifs is 1. The van der Waals surface area contributed by atoms with Crippen molar-refractivity contribution in [3.63, 3.8) is 0 Å². The van der Waals surface area contributed by atoms with Crippen molar-refractivity contribution in [1.82, 2.24) is 10.6 Å². The average Bonchev–Trinajstić information content (AvgIpc) is 3.00. The summed E-state index contributed by atoms with van der Waals surface area (Å²) in [5.41, 5.74) is 2.13. The predicted octanol–water partition coefficient (Wildman–Crippen LogP) is 2.59. The maximum atomic E-state index is 12.3. The summed E-state index contributed by atoms with van der Waals surface area (Å²) in [4.78, 5) is 36.5. The Kier molecular flexibility index (Phi) is 6.10. The highest BCUT2D eigenvalue weighted by molar-refractivity contribution is 7.18. The molecular formula is C20H21N3O4S.